The number of carbonyl (C=O) groups excluding carboxylic acids is 4. The summed E-state index contributed by atoms with van der Waals surface area (Å²) in [7, 11) is -9.98. The first kappa shape index (κ1) is 93.5. The first-order chi connectivity index (χ1) is 47.7. The van der Waals surface area contributed by atoms with Gasteiger partial charge in [-0.15, -0.1) is 0 Å². The quantitative estimate of drug-likeness (QED) is 0.0169. The fraction of sp³-hybridized carbons (Fsp3) is 0.696. The van der Waals surface area contributed by atoms with E-state index in [2.05, 4.69) is 125 Å². The van der Waals surface area contributed by atoms with Crippen LogP contribution in [0.4, 0.5) is 0 Å². The van der Waals surface area contributed by atoms with Gasteiger partial charge >= 0.3 is 39.5 Å². The zero-order valence-electron chi connectivity index (χ0n) is 61.2. The molecule has 98 heavy (non-hydrogen) atoms. The second kappa shape index (κ2) is 70.9. The van der Waals surface area contributed by atoms with Crippen molar-refractivity contribution in [3.05, 3.63) is 122 Å². The van der Waals surface area contributed by atoms with Crippen LogP contribution in [0.15, 0.2) is 122 Å². The van der Waals surface area contributed by atoms with Gasteiger partial charge in [-0.1, -0.05) is 258 Å². The molecule has 0 bridgehead atoms. The Hall–Kier alpha value is -4.54. The highest BCUT2D eigenvalue weighted by atomic mass is 31.2. The molecule has 0 amide bonds. The van der Waals surface area contributed by atoms with Crippen molar-refractivity contribution in [1.82, 2.24) is 0 Å². The highest BCUT2D eigenvalue weighted by Crippen LogP contribution is 2.45. The molecule has 5 atom stereocenters. The normalized spacial score (nSPS) is 14.6. The van der Waals surface area contributed by atoms with Crippen molar-refractivity contribution in [1.29, 1.82) is 0 Å². The van der Waals surface area contributed by atoms with Gasteiger partial charge in [-0.3, -0.25) is 37.3 Å². The Bertz CT molecular complexity index is 2340. The summed E-state index contributed by atoms with van der Waals surface area (Å²) in [6, 6.07) is 0. The van der Waals surface area contributed by atoms with Crippen molar-refractivity contribution in [2.75, 3.05) is 39.6 Å². The van der Waals surface area contributed by atoms with Crippen LogP contribution in [0, 0.1) is 0 Å². The molecular formula is C79H134O17P2. The Labute approximate surface area is 593 Å². The number of allylic oxidation sites excluding steroid dienone is 19. The molecule has 0 fully saturated rings. The SMILES string of the molecule is CC/C=C\C/C=C\C/C=C\C/C=C\C/C=C\CC(=O)OC(COC(=O)CCCCCCCC/C=C\C/C=C\C/C=C\CCCCC)COP(=O)(O)OCC(O)COP(=O)(O)OCC(COC(=O)CCCCCCC/C=C\CCCCCC)OC(=O)CCCCCCC/C=C\CCCC. The molecule has 0 aliphatic heterocycles. The number of ether oxygens (including phenoxy) is 4. The predicted octanol–water partition coefficient (Wildman–Crippen LogP) is 21.6. The predicted molar refractivity (Wildman–Crippen MR) is 399 cm³/mol. The van der Waals surface area contributed by atoms with E-state index < -0.39 is 97.5 Å². The standard InChI is InChI=1S/C79H134O17P2/c1-5-9-13-17-21-25-29-32-34-35-36-37-39-41-45-48-52-56-60-64-77(82)90-70-75(96-79(84)66-62-58-54-50-46-42-38-33-30-26-22-18-14-10-6-2)72-94-98(87,88)92-68-73(80)67-91-97(85,86)93-71-74(95-78(83)65-61-57-53-49-43-28-24-20-16-12-8-4)69-89-76(81)63-59-55-51-47-44-40-31-27-23-19-15-11-7-3/h10,14,20-22,24-27,31-34,36-38,46,50,58,62,73-75,80H,5-9,11-13,15-19,23,28-30,35,39-45,47-49,51-57,59-61,63-72H2,1-4H3,(H,85,86)(H,87,88)/b14-10-,24-20-,25-21-,26-22-,31-27-,34-32-,37-36-,38-33-,50-46-,62-58-. The van der Waals surface area contributed by atoms with Crippen molar-refractivity contribution in [2.45, 2.75) is 316 Å². The molecular weight excluding hydrogens is 1280 g/mol. The number of aliphatic hydroxyl groups excluding tert-OH is 1. The Kier molecular flexibility index (Phi) is 67.6. The average Bonchev–Trinajstić information content (AvgIpc) is 1.06. The number of phosphoric ester groups is 2. The second-order valence-corrected chi connectivity index (χ2v) is 27.8. The van der Waals surface area contributed by atoms with E-state index in [4.69, 9.17) is 37.0 Å². The van der Waals surface area contributed by atoms with Crippen molar-refractivity contribution in [3.63, 3.8) is 0 Å². The topological polar surface area (TPSA) is 237 Å². The van der Waals surface area contributed by atoms with Crippen molar-refractivity contribution in [2.24, 2.45) is 0 Å². The summed E-state index contributed by atoms with van der Waals surface area (Å²) in [4.78, 5) is 72.7. The molecule has 0 saturated carbocycles. The minimum absolute atomic E-state index is 0.0790. The average molecular weight is 1420 g/mol. The van der Waals surface area contributed by atoms with E-state index in [1.807, 2.05) is 12.2 Å². The van der Waals surface area contributed by atoms with Gasteiger partial charge < -0.3 is 33.8 Å². The Balaban J connectivity index is 5.40. The molecule has 0 radical (unpaired) electrons. The summed E-state index contributed by atoms with van der Waals surface area (Å²) in [5.41, 5.74) is 0. The summed E-state index contributed by atoms with van der Waals surface area (Å²) in [6.45, 7) is 4.52. The number of hydrogen-bond donors (Lipinski definition) is 3. The van der Waals surface area contributed by atoms with Crippen molar-refractivity contribution in [3.8, 4) is 0 Å². The largest absolute Gasteiger partial charge is 0.472 e. The summed E-state index contributed by atoms with van der Waals surface area (Å²) in [6.07, 6.45) is 76.6. The van der Waals surface area contributed by atoms with Gasteiger partial charge in [-0.05, 0) is 135 Å². The van der Waals surface area contributed by atoms with Crippen LogP contribution in [0.5, 0.6) is 0 Å². The number of phosphoric acid groups is 2. The summed E-state index contributed by atoms with van der Waals surface area (Å²) in [5, 5.41) is 10.6. The van der Waals surface area contributed by atoms with E-state index in [1.165, 1.54) is 57.8 Å². The van der Waals surface area contributed by atoms with E-state index >= 15 is 0 Å². The van der Waals surface area contributed by atoms with Gasteiger partial charge in [0.15, 0.2) is 12.2 Å². The van der Waals surface area contributed by atoms with Crippen LogP contribution in [-0.4, -0.2) is 96.7 Å². The molecule has 3 N–H and O–H groups in total. The van der Waals surface area contributed by atoms with Gasteiger partial charge in [0.1, 0.15) is 19.3 Å². The lowest BCUT2D eigenvalue weighted by atomic mass is 10.1. The molecule has 0 saturated heterocycles. The third kappa shape index (κ3) is 69.9. The molecule has 5 unspecified atom stereocenters. The van der Waals surface area contributed by atoms with Crippen molar-refractivity contribution < 1.29 is 80.2 Å². The number of unbranched alkanes of at least 4 members (excludes halogenated alkanes) is 25. The van der Waals surface area contributed by atoms with Crippen LogP contribution < -0.4 is 0 Å². The van der Waals surface area contributed by atoms with E-state index in [1.54, 1.807) is 12.2 Å². The Morgan fingerprint density at radius 2 is 0.582 bits per heavy atom. The van der Waals surface area contributed by atoms with E-state index in [9.17, 15) is 43.2 Å². The maximum atomic E-state index is 13.1. The van der Waals surface area contributed by atoms with Gasteiger partial charge in [0.05, 0.1) is 32.8 Å². The van der Waals surface area contributed by atoms with Crippen LogP contribution in [0.3, 0.4) is 0 Å². The summed E-state index contributed by atoms with van der Waals surface area (Å²) >= 11 is 0. The lowest BCUT2D eigenvalue weighted by Crippen LogP contribution is -2.30. The molecule has 0 aromatic heterocycles. The van der Waals surface area contributed by atoms with E-state index in [-0.39, 0.29) is 25.7 Å². The first-order valence-corrected chi connectivity index (χ1v) is 40.8. The lowest BCUT2D eigenvalue weighted by Gasteiger charge is -2.21. The monoisotopic (exact) mass is 1420 g/mol. The van der Waals surface area contributed by atoms with Crippen molar-refractivity contribution >= 4 is 39.5 Å². The number of aliphatic hydroxyl groups is 1. The van der Waals surface area contributed by atoms with Crippen LogP contribution in [0.2, 0.25) is 0 Å². The molecule has 0 heterocycles. The molecule has 0 aromatic rings. The summed E-state index contributed by atoms with van der Waals surface area (Å²) in [5.74, 6) is -2.36. The number of carbonyl (C=O) groups is 4. The maximum Gasteiger partial charge on any atom is 0.472 e. The fourth-order valence-electron chi connectivity index (χ4n) is 9.63. The zero-order chi connectivity index (χ0) is 71.8. The Morgan fingerprint density at radius 3 is 0.969 bits per heavy atom. The summed E-state index contributed by atoms with van der Waals surface area (Å²) < 4.78 is 68.2. The fourth-order valence-corrected chi connectivity index (χ4v) is 11.2. The second-order valence-electron chi connectivity index (χ2n) is 24.9. The lowest BCUT2D eigenvalue weighted by molar-refractivity contribution is -0.161. The van der Waals surface area contributed by atoms with Gasteiger partial charge in [0, 0.05) is 19.3 Å². The van der Waals surface area contributed by atoms with Gasteiger partial charge in [-0.25, -0.2) is 9.13 Å². The Morgan fingerprint density at radius 1 is 0.306 bits per heavy atom. The van der Waals surface area contributed by atoms with Gasteiger partial charge in [-0.2, -0.15) is 0 Å². The smallest absolute Gasteiger partial charge is 0.462 e. The van der Waals surface area contributed by atoms with E-state index in [0.717, 1.165) is 161 Å². The molecule has 0 aliphatic rings. The highest BCUT2D eigenvalue weighted by Gasteiger charge is 2.30. The molecule has 0 rings (SSSR count). The molecule has 562 valence electrons. The zero-order valence-corrected chi connectivity index (χ0v) is 63.0. The highest BCUT2D eigenvalue weighted by molar-refractivity contribution is 7.47. The molecule has 17 nitrogen and oxygen atoms in total. The maximum absolute atomic E-state index is 13.1. The van der Waals surface area contributed by atoms with Gasteiger partial charge in [0.2, 0.25) is 0 Å². The first-order valence-electron chi connectivity index (χ1n) is 37.8. The minimum atomic E-state index is -5.00. The molecule has 0 spiro atoms. The third-order valence-electron chi connectivity index (χ3n) is 15.4. The van der Waals surface area contributed by atoms with Crippen LogP contribution in [0.25, 0.3) is 0 Å². The number of esters is 4. The molecule has 19 heteroatoms. The molecule has 0 aromatic carbocycles. The van der Waals surface area contributed by atoms with Crippen LogP contribution in [0.1, 0.15) is 297 Å². The van der Waals surface area contributed by atoms with Crippen LogP contribution >= 0.6 is 15.6 Å². The third-order valence-corrected chi connectivity index (χ3v) is 17.3. The van der Waals surface area contributed by atoms with E-state index in [0.29, 0.717) is 25.7 Å². The molecule has 0 aliphatic carbocycles. The number of rotatable bonds is 70. The minimum Gasteiger partial charge on any atom is -0.462 e. The van der Waals surface area contributed by atoms with Gasteiger partial charge in [0.25, 0.3) is 0 Å². The van der Waals surface area contributed by atoms with Crippen LogP contribution in [-0.2, 0) is 65.4 Å². The number of hydrogen-bond acceptors (Lipinski definition) is 15.